The summed E-state index contributed by atoms with van der Waals surface area (Å²) in [5, 5.41) is 0. The lowest BCUT2D eigenvalue weighted by Crippen LogP contribution is -2.19. The third-order valence-electron chi connectivity index (χ3n) is 3.48. The molecule has 1 aliphatic heterocycles. The summed E-state index contributed by atoms with van der Waals surface area (Å²) >= 11 is 3.32. The quantitative estimate of drug-likeness (QED) is 0.804. The highest BCUT2D eigenvalue weighted by Gasteiger charge is 2.23. The number of halogens is 1. The molecule has 0 N–H and O–H groups in total. The molecule has 0 bridgehead atoms. The van der Waals surface area contributed by atoms with Crippen LogP contribution in [0.3, 0.4) is 0 Å². The SMILES string of the molecule is O=C(CC1OCCc2ccccc21)c1ccc(Br)cn1. The van der Waals surface area contributed by atoms with Crippen LogP contribution in [0, 0.1) is 0 Å². The molecule has 0 spiro atoms. The smallest absolute Gasteiger partial charge is 0.184 e. The summed E-state index contributed by atoms with van der Waals surface area (Å²) in [6.45, 7) is 0.669. The summed E-state index contributed by atoms with van der Waals surface area (Å²) < 4.78 is 6.63. The van der Waals surface area contributed by atoms with Gasteiger partial charge in [-0.1, -0.05) is 24.3 Å². The summed E-state index contributed by atoms with van der Waals surface area (Å²) in [5.74, 6) is 0.0132. The molecule has 0 saturated carbocycles. The number of carbonyl (C=O) groups excluding carboxylic acids is 1. The maximum absolute atomic E-state index is 12.3. The molecule has 20 heavy (non-hydrogen) atoms. The van der Waals surface area contributed by atoms with E-state index in [0.29, 0.717) is 18.7 Å². The minimum Gasteiger partial charge on any atom is -0.373 e. The molecule has 102 valence electrons. The number of benzene rings is 1. The second-order valence-electron chi connectivity index (χ2n) is 4.80. The molecule has 0 fully saturated rings. The third-order valence-corrected chi connectivity index (χ3v) is 3.95. The molecule has 1 atom stereocenters. The summed E-state index contributed by atoms with van der Waals surface area (Å²) in [6, 6.07) is 11.7. The first-order valence-corrected chi connectivity index (χ1v) is 7.37. The van der Waals surface area contributed by atoms with E-state index in [1.807, 2.05) is 24.3 Å². The molecule has 1 aromatic heterocycles. The second kappa shape index (κ2) is 5.85. The van der Waals surface area contributed by atoms with Gasteiger partial charge in [-0.15, -0.1) is 0 Å². The van der Waals surface area contributed by atoms with Crippen LogP contribution >= 0.6 is 15.9 Å². The fourth-order valence-electron chi connectivity index (χ4n) is 2.46. The van der Waals surface area contributed by atoms with E-state index < -0.39 is 0 Å². The highest BCUT2D eigenvalue weighted by Crippen LogP contribution is 2.30. The number of aromatic nitrogens is 1. The summed E-state index contributed by atoms with van der Waals surface area (Å²) in [4.78, 5) is 16.4. The lowest BCUT2D eigenvalue weighted by atomic mass is 9.94. The fraction of sp³-hybridized carbons (Fsp3) is 0.250. The molecular formula is C16H14BrNO2. The van der Waals surface area contributed by atoms with E-state index in [4.69, 9.17) is 4.74 Å². The summed E-state index contributed by atoms with van der Waals surface area (Å²) in [6.07, 6.45) is 2.74. The highest BCUT2D eigenvalue weighted by atomic mass is 79.9. The first-order valence-electron chi connectivity index (χ1n) is 6.58. The average Bonchev–Trinajstić information content (AvgIpc) is 2.48. The van der Waals surface area contributed by atoms with Gasteiger partial charge in [0, 0.05) is 17.1 Å². The molecule has 0 aliphatic carbocycles. The van der Waals surface area contributed by atoms with Crippen molar-refractivity contribution in [3.63, 3.8) is 0 Å². The van der Waals surface area contributed by atoms with E-state index in [2.05, 4.69) is 27.0 Å². The zero-order valence-corrected chi connectivity index (χ0v) is 12.5. The Morgan fingerprint density at radius 1 is 1.30 bits per heavy atom. The minimum absolute atomic E-state index is 0.0132. The number of hydrogen-bond acceptors (Lipinski definition) is 3. The standard InChI is InChI=1S/C16H14BrNO2/c17-12-5-6-14(18-10-12)15(19)9-16-13-4-2-1-3-11(13)7-8-20-16/h1-6,10,16H,7-9H2. The number of ether oxygens (including phenoxy) is 1. The number of carbonyl (C=O) groups is 1. The topological polar surface area (TPSA) is 39.2 Å². The van der Waals surface area contributed by atoms with Crippen molar-refractivity contribution in [3.8, 4) is 0 Å². The van der Waals surface area contributed by atoms with Crippen molar-refractivity contribution in [2.75, 3.05) is 6.61 Å². The van der Waals surface area contributed by atoms with Crippen molar-refractivity contribution in [1.29, 1.82) is 0 Å². The highest BCUT2D eigenvalue weighted by molar-refractivity contribution is 9.10. The van der Waals surface area contributed by atoms with Gasteiger partial charge in [-0.05, 0) is 45.6 Å². The molecule has 3 nitrogen and oxygen atoms in total. The van der Waals surface area contributed by atoms with Crippen molar-refractivity contribution in [1.82, 2.24) is 4.98 Å². The maximum atomic E-state index is 12.3. The second-order valence-corrected chi connectivity index (χ2v) is 5.71. The number of pyridine rings is 1. The molecule has 2 aromatic rings. The zero-order chi connectivity index (χ0) is 13.9. The molecule has 3 rings (SSSR count). The van der Waals surface area contributed by atoms with Crippen LogP contribution in [0.5, 0.6) is 0 Å². The predicted octanol–water partition coefficient (Wildman–Crippen LogP) is 3.73. The van der Waals surface area contributed by atoms with E-state index in [-0.39, 0.29) is 11.9 Å². The van der Waals surface area contributed by atoms with E-state index in [1.165, 1.54) is 5.56 Å². The van der Waals surface area contributed by atoms with Gasteiger partial charge in [-0.2, -0.15) is 0 Å². The fourth-order valence-corrected chi connectivity index (χ4v) is 2.69. The van der Waals surface area contributed by atoms with Crippen LogP contribution in [0.1, 0.15) is 34.1 Å². The van der Waals surface area contributed by atoms with Crippen LogP contribution in [-0.4, -0.2) is 17.4 Å². The molecular weight excluding hydrogens is 318 g/mol. The first kappa shape index (κ1) is 13.5. The molecule has 0 amide bonds. The number of hydrogen-bond donors (Lipinski definition) is 0. The Morgan fingerprint density at radius 2 is 2.15 bits per heavy atom. The number of nitrogens with zero attached hydrogens (tertiary/aromatic N) is 1. The normalized spacial score (nSPS) is 17.6. The van der Waals surface area contributed by atoms with Crippen LogP contribution in [0.15, 0.2) is 47.1 Å². The van der Waals surface area contributed by atoms with Crippen molar-refractivity contribution >= 4 is 21.7 Å². The monoisotopic (exact) mass is 331 g/mol. The predicted molar refractivity (Wildman–Crippen MR) is 79.7 cm³/mol. The Bertz CT molecular complexity index is 625. The van der Waals surface area contributed by atoms with Crippen molar-refractivity contribution in [2.24, 2.45) is 0 Å². The first-order chi connectivity index (χ1) is 9.74. The van der Waals surface area contributed by atoms with Gasteiger partial charge in [-0.3, -0.25) is 9.78 Å². The Morgan fingerprint density at radius 3 is 2.95 bits per heavy atom. The lowest BCUT2D eigenvalue weighted by Gasteiger charge is -2.25. The summed E-state index contributed by atoms with van der Waals surface area (Å²) in [7, 11) is 0. The maximum Gasteiger partial charge on any atom is 0.184 e. The minimum atomic E-state index is -0.155. The van der Waals surface area contributed by atoms with Crippen LogP contribution < -0.4 is 0 Å². The number of rotatable bonds is 3. The van der Waals surface area contributed by atoms with Crippen molar-refractivity contribution in [2.45, 2.75) is 18.9 Å². The van der Waals surface area contributed by atoms with Gasteiger partial charge in [0.1, 0.15) is 5.69 Å². The van der Waals surface area contributed by atoms with Gasteiger partial charge in [0.2, 0.25) is 0 Å². The van der Waals surface area contributed by atoms with Crippen LogP contribution in [-0.2, 0) is 11.2 Å². The molecule has 1 unspecified atom stereocenters. The van der Waals surface area contributed by atoms with Crippen molar-refractivity contribution < 1.29 is 9.53 Å². The third kappa shape index (κ3) is 2.81. The van der Waals surface area contributed by atoms with E-state index in [0.717, 1.165) is 16.5 Å². The number of ketones is 1. The van der Waals surface area contributed by atoms with E-state index in [9.17, 15) is 4.79 Å². The lowest BCUT2D eigenvalue weighted by molar-refractivity contribution is 0.0350. The van der Waals surface area contributed by atoms with Gasteiger partial charge in [0.15, 0.2) is 5.78 Å². The van der Waals surface area contributed by atoms with Gasteiger partial charge in [0.25, 0.3) is 0 Å². The van der Waals surface area contributed by atoms with Gasteiger partial charge >= 0.3 is 0 Å². The Kier molecular flexibility index (Phi) is 3.94. The van der Waals surface area contributed by atoms with Gasteiger partial charge < -0.3 is 4.74 Å². The molecule has 0 saturated heterocycles. The summed E-state index contributed by atoms with van der Waals surface area (Å²) in [5.41, 5.74) is 2.89. The Labute approximate surface area is 126 Å². The van der Waals surface area contributed by atoms with E-state index >= 15 is 0 Å². The van der Waals surface area contributed by atoms with Crippen LogP contribution in [0.4, 0.5) is 0 Å². The number of fused-ring (bicyclic) bond motifs is 1. The zero-order valence-electron chi connectivity index (χ0n) is 10.9. The Hall–Kier alpha value is -1.52. The van der Waals surface area contributed by atoms with Crippen LogP contribution in [0.25, 0.3) is 0 Å². The molecule has 2 heterocycles. The molecule has 1 aromatic carbocycles. The molecule has 0 radical (unpaired) electrons. The van der Waals surface area contributed by atoms with Crippen molar-refractivity contribution in [3.05, 3.63) is 63.9 Å². The largest absolute Gasteiger partial charge is 0.373 e. The van der Waals surface area contributed by atoms with E-state index in [1.54, 1.807) is 12.3 Å². The average molecular weight is 332 g/mol. The van der Waals surface area contributed by atoms with Crippen LogP contribution in [0.2, 0.25) is 0 Å². The molecule has 4 heteroatoms. The van der Waals surface area contributed by atoms with Gasteiger partial charge in [-0.25, -0.2) is 0 Å². The Balaban J connectivity index is 1.79. The molecule has 1 aliphatic rings. The van der Waals surface area contributed by atoms with Gasteiger partial charge in [0.05, 0.1) is 12.7 Å². The number of Topliss-reactive ketones (excluding diaryl/α,β-unsaturated/α-hetero) is 1.